The molecular formula is C26H26FN3O4. The van der Waals surface area contributed by atoms with Gasteiger partial charge in [-0.2, -0.15) is 5.26 Å². The van der Waals surface area contributed by atoms with Crippen LogP contribution in [0.2, 0.25) is 0 Å². The van der Waals surface area contributed by atoms with Gasteiger partial charge in [0.15, 0.2) is 0 Å². The molecule has 1 aliphatic heterocycles. The van der Waals surface area contributed by atoms with Gasteiger partial charge in [-0.05, 0) is 55.7 Å². The summed E-state index contributed by atoms with van der Waals surface area (Å²) in [5.41, 5.74) is 2.09. The zero-order valence-corrected chi connectivity index (χ0v) is 19.1. The number of nitriles is 1. The van der Waals surface area contributed by atoms with Gasteiger partial charge in [-0.3, -0.25) is 4.79 Å². The molecule has 0 radical (unpaired) electrons. The van der Waals surface area contributed by atoms with E-state index in [0.717, 1.165) is 16.5 Å². The molecule has 4 rings (SSSR count). The molecule has 0 spiro atoms. The van der Waals surface area contributed by atoms with E-state index in [0.29, 0.717) is 37.1 Å². The highest BCUT2D eigenvalue weighted by Crippen LogP contribution is 2.40. The molecule has 2 aromatic carbocycles. The van der Waals surface area contributed by atoms with Crippen molar-refractivity contribution in [1.82, 2.24) is 9.80 Å². The van der Waals surface area contributed by atoms with Gasteiger partial charge in [-0.25, -0.2) is 9.18 Å². The number of carboxylic acid groups (broad SMARTS) is 1. The summed E-state index contributed by atoms with van der Waals surface area (Å²) in [5.74, 6) is -0.485. The number of piperidine rings is 1. The molecule has 1 unspecified atom stereocenters. The van der Waals surface area contributed by atoms with Crippen molar-refractivity contribution >= 4 is 23.0 Å². The summed E-state index contributed by atoms with van der Waals surface area (Å²) in [6.07, 6.45) is 1.66. The van der Waals surface area contributed by atoms with Crippen LogP contribution in [0.3, 0.4) is 0 Å². The van der Waals surface area contributed by atoms with Crippen LogP contribution in [-0.2, 0) is 10.2 Å². The second-order valence-corrected chi connectivity index (χ2v) is 8.93. The maximum atomic E-state index is 13.6. The van der Waals surface area contributed by atoms with E-state index in [1.165, 1.54) is 17.0 Å². The molecule has 7 nitrogen and oxygen atoms in total. The molecule has 2 heterocycles. The van der Waals surface area contributed by atoms with E-state index in [1.807, 2.05) is 6.92 Å². The lowest BCUT2D eigenvalue weighted by atomic mass is 9.70. The zero-order valence-electron chi connectivity index (χ0n) is 19.1. The van der Waals surface area contributed by atoms with Crippen molar-refractivity contribution in [3.05, 3.63) is 71.2 Å². The van der Waals surface area contributed by atoms with E-state index in [2.05, 4.69) is 6.07 Å². The van der Waals surface area contributed by atoms with Crippen LogP contribution in [0.15, 0.2) is 53.1 Å². The molecule has 1 atom stereocenters. The number of likely N-dealkylation sites (tertiary alicyclic amines) is 1. The van der Waals surface area contributed by atoms with Gasteiger partial charge in [0.2, 0.25) is 5.91 Å². The van der Waals surface area contributed by atoms with Gasteiger partial charge < -0.3 is 19.3 Å². The van der Waals surface area contributed by atoms with E-state index in [4.69, 9.17) is 4.42 Å². The largest absolute Gasteiger partial charge is 0.465 e. The van der Waals surface area contributed by atoms with Crippen LogP contribution < -0.4 is 0 Å². The second-order valence-electron chi connectivity index (χ2n) is 8.93. The van der Waals surface area contributed by atoms with Crippen molar-refractivity contribution in [2.24, 2.45) is 0 Å². The summed E-state index contributed by atoms with van der Waals surface area (Å²) >= 11 is 0. The number of hydrogen-bond acceptors (Lipinski definition) is 4. The highest BCUT2D eigenvalue weighted by Gasteiger charge is 2.40. The van der Waals surface area contributed by atoms with Crippen molar-refractivity contribution in [3.63, 3.8) is 0 Å². The molecule has 176 valence electrons. The first-order valence-electron chi connectivity index (χ1n) is 11.1. The highest BCUT2D eigenvalue weighted by atomic mass is 19.1. The number of fused-ring (bicyclic) bond motifs is 1. The number of amides is 2. The van der Waals surface area contributed by atoms with E-state index in [-0.39, 0.29) is 24.2 Å². The molecule has 2 amide bonds. The fraction of sp³-hybridized carbons (Fsp3) is 0.346. The summed E-state index contributed by atoms with van der Waals surface area (Å²) in [7, 11) is 1.71. The minimum absolute atomic E-state index is 0.123. The van der Waals surface area contributed by atoms with Crippen LogP contribution in [0, 0.1) is 17.1 Å². The first-order chi connectivity index (χ1) is 16.2. The Labute approximate surface area is 197 Å². The summed E-state index contributed by atoms with van der Waals surface area (Å²) in [6.45, 7) is 2.49. The van der Waals surface area contributed by atoms with Crippen LogP contribution in [0.4, 0.5) is 9.18 Å². The van der Waals surface area contributed by atoms with Gasteiger partial charge in [0, 0.05) is 42.9 Å². The maximum absolute atomic E-state index is 13.6. The molecule has 1 aromatic heterocycles. The molecule has 0 bridgehead atoms. The normalized spacial score (nSPS) is 16.1. The van der Waals surface area contributed by atoms with Crippen LogP contribution >= 0.6 is 0 Å². The first kappa shape index (κ1) is 23.3. The third-order valence-corrected chi connectivity index (χ3v) is 7.07. The summed E-state index contributed by atoms with van der Waals surface area (Å²) in [4.78, 5) is 28.0. The Morgan fingerprint density at radius 1 is 1.24 bits per heavy atom. The van der Waals surface area contributed by atoms with Gasteiger partial charge >= 0.3 is 6.09 Å². The number of carbonyl (C=O) groups excluding carboxylic acids is 1. The predicted molar refractivity (Wildman–Crippen MR) is 124 cm³/mol. The minimum atomic E-state index is -0.982. The summed E-state index contributed by atoms with van der Waals surface area (Å²) in [5, 5.41) is 19.6. The lowest BCUT2D eigenvalue weighted by molar-refractivity contribution is -0.133. The van der Waals surface area contributed by atoms with E-state index >= 15 is 0 Å². The summed E-state index contributed by atoms with van der Waals surface area (Å²) in [6, 6.07) is 13.2. The van der Waals surface area contributed by atoms with Crippen molar-refractivity contribution in [1.29, 1.82) is 5.26 Å². The predicted octanol–water partition coefficient (Wildman–Crippen LogP) is 5.06. The lowest BCUT2D eigenvalue weighted by Gasteiger charge is -2.42. The Hall–Kier alpha value is -3.86. The third-order valence-electron chi connectivity index (χ3n) is 7.07. The molecule has 1 aliphatic rings. The van der Waals surface area contributed by atoms with Crippen LogP contribution in [0.1, 0.15) is 48.9 Å². The van der Waals surface area contributed by atoms with Crippen LogP contribution in [-0.4, -0.2) is 47.0 Å². The van der Waals surface area contributed by atoms with Crippen LogP contribution in [0.5, 0.6) is 0 Å². The molecule has 3 aromatic rings. The first-order valence-corrected chi connectivity index (χ1v) is 11.1. The monoisotopic (exact) mass is 463 g/mol. The lowest BCUT2D eigenvalue weighted by Crippen LogP contribution is -2.47. The Bertz CT molecular complexity index is 1250. The quantitative estimate of drug-likeness (QED) is 0.570. The second kappa shape index (κ2) is 9.18. The highest BCUT2D eigenvalue weighted by molar-refractivity contribution is 5.84. The molecule has 0 aliphatic carbocycles. The number of benzene rings is 2. The van der Waals surface area contributed by atoms with E-state index in [9.17, 15) is 24.3 Å². The molecule has 1 saturated heterocycles. The van der Waals surface area contributed by atoms with Gasteiger partial charge in [0.25, 0.3) is 0 Å². The SMILES string of the molecule is CC(c1cc(C#N)cc2ccoc12)N(C)C(=O)CC1(c2ccc(F)cc2)CCN(C(=O)O)CC1. The number of nitrogens with zero attached hydrogens (tertiary/aromatic N) is 3. The van der Waals surface area contributed by atoms with Gasteiger partial charge in [-0.15, -0.1) is 0 Å². The molecule has 0 saturated carbocycles. The van der Waals surface area contributed by atoms with E-state index < -0.39 is 11.5 Å². The Balaban J connectivity index is 1.62. The molecule has 8 heteroatoms. The smallest absolute Gasteiger partial charge is 0.407 e. The number of hydrogen-bond donors (Lipinski definition) is 1. The Morgan fingerprint density at radius 3 is 2.53 bits per heavy atom. The zero-order chi connectivity index (χ0) is 24.5. The van der Waals surface area contributed by atoms with Crippen molar-refractivity contribution in [3.8, 4) is 6.07 Å². The van der Waals surface area contributed by atoms with Crippen molar-refractivity contribution < 1.29 is 23.5 Å². The number of halogens is 1. The van der Waals surface area contributed by atoms with Gasteiger partial charge in [0.05, 0.1) is 23.9 Å². The van der Waals surface area contributed by atoms with E-state index in [1.54, 1.807) is 48.5 Å². The Kier molecular flexibility index (Phi) is 6.29. The molecule has 34 heavy (non-hydrogen) atoms. The van der Waals surface area contributed by atoms with Gasteiger partial charge in [-0.1, -0.05) is 12.1 Å². The Morgan fingerprint density at radius 2 is 1.91 bits per heavy atom. The number of rotatable bonds is 5. The number of carbonyl (C=O) groups is 2. The maximum Gasteiger partial charge on any atom is 0.407 e. The standard InChI is InChI=1S/C26H26FN3O4/c1-17(22-14-18(16-28)13-19-7-12-34-24(19)22)29(2)23(31)15-26(20-3-5-21(27)6-4-20)8-10-30(11-9-26)25(32)33/h3-7,12-14,17H,8-11,15H2,1-2H3,(H,32,33). The van der Waals surface area contributed by atoms with Crippen LogP contribution in [0.25, 0.3) is 11.0 Å². The fourth-order valence-electron chi connectivity index (χ4n) is 4.82. The number of furan rings is 1. The third kappa shape index (κ3) is 4.34. The molecule has 1 fully saturated rings. The molecule has 1 N–H and O–H groups in total. The summed E-state index contributed by atoms with van der Waals surface area (Å²) < 4.78 is 19.2. The van der Waals surface area contributed by atoms with Crippen molar-refractivity contribution in [2.45, 2.75) is 37.6 Å². The topological polar surface area (TPSA) is 97.8 Å². The average molecular weight is 464 g/mol. The van der Waals surface area contributed by atoms with Crippen molar-refractivity contribution in [2.75, 3.05) is 20.1 Å². The minimum Gasteiger partial charge on any atom is -0.465 e. The van der Waals surface area contributed by atoms with Gasteiger partial charge in [0.1, 0.15) is 11.4 Å². The molecular weight excluding hydrogens is 437 g/mol. The average Bonchev–Trinajstić information content (AvgIpc) is 3.31. The fourth-order valence-corrected chi connectivity index (χ4v) is 4.82.